The molecular weight excluding hydrogens is 240 g/mol. The van der Waals surface area contributed by atoms with Crippen molar-refractivity contribution in [3.63, 3.8) is 0 Å². The maximum absolute atomic E-state index is 13.0. The minimum absolute atomic E-state index is 0.212. The fourth-order valence-electron chi connectivity index (χ4n) is 2.13. The van der Waals surface area contributed by atoms with E-state index in [0.29, 0.717) is 10.8 Å². The first-order valence-electron chi connectivity index (χ1n) is 5.99. The Morgan fingerprint density at radius 3 is 2.59 bits per heavy atom. The highest BCUT2D eigenvalue weighted by Gasteiger charge is 2.17. The van der Waals surface area contributed by atoms with Crippen LogP contribution in [0.4, 0.5) is 8.78 Å². The molecule has 1 atom stereocenters. The predicted molar refractivity (Wildman–Crippen MR) is 68.0 cm³/mol. The molecule has 0 radical (unpaired) electrons. The van der Waals surface area contributed by atoms with E-state index in [0.717, 1.165) is 11.8 Å². The minimum atomic E-state index is -0.816. The van der Waals surface area contributed by atoms with E-state index in [1.165, 1.54) is 31.7 Å². The van der Waals surface area contributed by atoms with Gasteiger partial charge in [0.05, 0.1) is 0 Å². The number of nitrogens with two attached hydrogens (primary N) is 1. The molecule has 1 nitrogen and oxygen atoms in total. The van der Waals surface area contributed by atoms with Gasteiger partial charge < -0.3 is 5.73 Å². The van der Waals surface area contributed by atoms with Gasteiger partial charge in [0.25, 0.3) is 0 Å². The molecule has 1 saturated carbocycles. The molecule has 94 valence electrons. The van der Waals surface area contributed by atoms with Gasteiger partial charge in [0, 0.05) is 17.0 Å². The van der Waals surface area contributed by atoms with Gasteiger partial charge in [-0.2, -0.15) is 11.8 Å². The van der Waals surface area contributed by atoms with Crippen molar-refractivity contribution in [2.75, 3.05) is 5.75 Å². The predicted octanol–water partition coefficient (Wildman–Crippen LogP) is 3.64. The Labute approximate surface area is 105 Å². The molecule has 0 aliphatic heterocycles. The first kappa shape index (κ1) is 12.8. The Morgan fingerprint density at radius 1 is 1.24 bits per heavy atom. The molecule has 0 amide bonds. The van der Waals surface area contributed by atoms with Crippen LogP contribution in [0, 0.1) is 11.6 Å². The third-order valence-corrected chi connectivity index (χ3v) is 4.68. The number of halogens is 2. The molecule has 0 spiro atoms. The quantitative estimate of drug-likeness (QED) is 0.891. The van der Waals surface area contributed by atoms with E-state index in [9.17, 15) is 8.78 Å². The van der Waals surface area contributed by atoms with Gasteiger partial charge in [0.15, 0.2) is 11.6 Å². The molecule has 1 aromatic carbocycles. The van der Waals surface area contributed by atoms with E-state index in [-0.39, 0.29) is 6.04 Å². The van der Waals surface area contributed by atoms with E-state index in [4.69, 9.17) is 5.73 Å². The minimum Gasteiger partial charge on any atom is -0.323 e. The van der Waals surface area contributed by atoms with Crippen molar-refractivity contribution < 1.29 is 8.78 Å². The van der Waals surface area contributed by atoms with Crippen molar-refractivity contribution in [1.82, 2.24) is 0 Å². The second-order valence-corrected chi connectivity index (χ2v) is 5.85. The van der Waals surface area contributed by atoms with Crippen LogP contribution in [0.25, 0.3) is 0 Å². The van der Waals surface area contributed by atoms with Crippen LogP contribution in [0.15, 0.2) is 18.2 Å². The van der Waals surface area contributed by atoms with Crippen LogP contribution in [-0.2, 0) is 0 Å². The van der Waals surface area contributed by atoms with Crippen molar-refractivity contribution >= 4 is 11.8 Å². The number of hydrogen-bond donors (Lipinski definition) is 1. The molecule has 1 fully saturated rings. The standard InChI is InChI=1S/C13H17F2NS/c14-11-6-5-9(7-12(11)15)13(16)8-17-10-3-1-2-4-10/h5-7,10,13H,1-4,8,16H2. The van der Waals surface area contributed by atoms with Crippen LogP contribution in [-0.4, -0.2) is 11.0 Å². The lowest BCUT2D eigenvalue weighted by molar-refractivity contribution is 0.506. The van der Waals surface area contributed by atoms with Gasteiger partial charge in [-0.15, -0.1) is 0 Å². The van der Waals surface area contributed by atoms with Crippen molar-refractivity contribution in [3.05, 3.63) is 35.4 Å². The largest absolute Gasteiger partial charge is 0.323 e. The Kier molecular flexibility index (Phi) is 4.40. The molecule has 2 N–H and O–H groups in total. The van der Waals surface area contributed by atoms with Crippen LogP contribution in [0.1, 0.15) is 37.3 Å². The Balaban J connectivity index is 1.89. The van der Waals surface area contributed by atoms with Gasteiger partial charge in [0.2, 0.25) is 0 Å². The number of thioether (sulfide) groups is 1. The van der Waals surface area contributed by atoms with Crippen LogP contribution in [0.3, 0.4) is 0 Å². The zero-order chi connectivity index (χ0) is 12.3. The molecule has 4 heteroatoms. The fourth-order valence-corrected chi connectivity index (χ4v) is 3.47. The third kappa shape index (κ3) is 3.42. The average molecular weight is 257 g/mol. The summed E-state index contributed by atoms with van der Waals surface area (Å²) in [5, 5.41) is 0.700. The first-order valence-corrected chi connectivity index (χ1v) is 7.04. The molecule has 0 saturated heterocycles. The summed E-state index contributed by atoms with van der Waals surface area (Å²) in [7, 11) is 0. The Morgan fingerprint density at radius 2 is 1.94 bits per heavy atom. The normalized spacial score (nSPS) is 18.5. The smallest absolute Gasteiger partial charge is 0.159 e. The van der Waals surface area contributed by atoms with Gasteiger partial charge >= 0.3 is 0 Å². The summed E-state index contributed by atoms with van der Waals surface area (Å²) >= 11 is 1.86. The molecule has 1 aliphatic carbocycles. The highest BCUT2D eigenvalue weighted by atomic mass is 32.2. The topological polar surface area (TPSA) is 26.0 Å². The molecule has 1 aromatic rings. The molecule has 2 rings (SSSR count). The highest BCUT2D eigenvalue weighted by molar-refractivity contribution is 7.99. The van der Waals surface area contributed by atoms with E-state index in [2.05, 4.69) is 0 Å². The average Bonchev–Trinajstić information content (AvgIpc) is 2.82. The second-order valence-electron chi connectivity index (χ2n) is 4.52. The molecule has 0 bridgehead atoms. The monoisotopic (exact) mass is 257 g/mol. The summed E-state index contributed by atoms with van der Waals surface area (Å²) in [5.74, 6) is -0.858. The van der Waals surface area contributed by atoms with E-state index >= 15 is 0 Å². The maximum atomic E-state index is 13.0. The zero-order valence-electron chi connectivity index (χ0n) is 9.66. The van der Waals surface area contributed by atoms with Gasteiger partial charge in [0.1, 0.15) is 0 Å². The van der Waals surface area contributed by atoms with Gasteiger partial charge in [-0.3, -0.25) is 0 Å². The summed E-state index contributed by atoms with van der Waals surface area (Å²) < 4.78 is 25.8. The summed E-state index contributed by atoms with van der Waals surface area (Å²) in [6.45, 7) is 0. The van der Waals surface area contributed by atoms with Crippen LogP contribution in [0.5, 0.6) is 0 Å². The lowest BCUT2D eigenvalue weighted by Crippen LogP contribution is -2.15. The molecular formula is C13H17F2NS. The van der Waals surface area contributed by atoms with Gasteiger partial charge in [-0.1, -0.05) is 18.9 Å². The van der Waals surface area contributed by atoms with Crippen LogP contribution >= 0.6 is 11.8 Å². The number of hydrogen-bond acceptors (Lipinski definition) is 2. The van der Waals surface area contributed by atoms with Gasteiger partial charge in [-0.25, -0.2) is 8.78 Å². The lowest BCUT2D eigenvalue weighted by Gasteiger charge is -2.15. The van der Waals surface area contributed by atoms with Crippen molar-refractivity contribution in [2.45, 2.75) is 37.0 Å². The van der Waals surface area contributed by atoms with E-state index < -0.39 is 11.6 Å². The summed E-state index contributed by atoms with van der Waals surface area (Å²) in [6, 6.07) is 3.70. The van der Waals surface area contributed by atoms with E-state index in [1.807, 2.05) is 11.8 Å². The fraction of sp³-hybridized carbons (Fsp3) is 0.538. The number of benzene rings is 1. The van der Waals surface area contributed by atoms with Gasteiger partial charge in [-0.05, 0) is 30.5 Å². The van der Waals surface area contributed by atoms with Crippen LogP contribution in [0.2, 0.25) is 0 Å². The molecule has 0 heterocycles. The molecule has 17 heavy (non-hydrogen) atoms. The van der Waals surface area contributed by atoms with Crippen molar-refractivity contribution in [1.29, 1.82) is 0 Å². The molecule has 1 aliphatic rings. The Hall–Kier alpha value is -0.610. The summed E-state index contributed by atoms with van der Waals surface area (Å²) in [5.41, 5.74) is 6.66. The Bertz CT molecular complexity index is 378. The molecule has 0 aromatic heterocycles. The lowest BCUT2D eigenvalue weighted by atomic mass is 10.1. The zero-order valence-corrected chi connectivity index (χ0v) is 10.5. The van der Waals surface area contributed by atoms with Crippen LogP contribution < -0.4 is 5.73 Å². The van der Waals surface area contributed by atoms with E-state index in [1.54, 1.807) is 6.07 Å². The summed E-state index contributed by atoms with van der Waals surface area (Å²) in [6.07, 6.45) is 5.13. The SMILES string of the molecule is NC(CSC1CCCC1)c1ccc(F)c(F)c1. The highest BCUT2D eigenvalue weighted by Crippen LogP contribution is 2.31. The van der Waals surface area contributed by atoms with Crippen molar-refractivity contribution in [3.8, 4) is 0 Å². The molecule has 1 unspecified atom stereocenters. The first-order chi connectivity index (χ1) is 8.16. The second kappa shape index (κ2) is 5.83. The maximum Gasteiger partial charge on any atom is 0.159 e. The third-order valence-electron chi connectivity index (χ3n) is 3.19. The number of rotatable bonds is 4. The summed E-state index contributed by atoms with van der Waals surface area (Å²) in [4.78, 5) is 0. The van der Waals surface area contributed by atoms with Crippen molar-refractivity contribution in [2.24, 2.45) is 5.73 Å².